The first kappa shape index (κ1) is 20.2. The van der Waals surface area contributed by atoms with E-state index in [1.807, 2.05) is 17.5 Å². The zero-order chi connectivity index (χ0) is 20.1. The van der Waals surface area contributed by atoms with Gasteiger partial charge in [0.1, 0.15) is 5.92 Å². The molecule has 3 aromatic rings. The highest BCUT2D eigenvalue weighted by atomic mass is 35.5. The van der Waals surface area contributed by atoms with Crippen LogP contribution in [0, 0.1) is 11.3 Å². The smallest absolute Gasteiger partial charge is 0.332 e. The molecular formula is C20H15ClN2O3PS+. The summed E-state index contributed by atoms with van der Waals surface area (Å²) in [6.07, 6.45) is 3.00. The number of halogens is 1. The van der Waals surface area contributed by atoms with Gasteiger partial charge in [-0.1, -0.05) is 23.7 Å². The largest absolute Gasteiger partial charge is 0.506 e. The van der Waals surface area contributed by atoms with Gasteiger partial charge in [-0.2, -0.15) is 10.2 Å². The average Bonchev–Trinajstić information content (AvgIpc) is 3.09. The van der Waals surface area contributed by atoms with E-state index < -0.39 is 13.9 Å². The molecule has 1 heterocycles. The van der Waals surface area contributed by atoms with Gasteiger partial charge in [0.25, 0.3) is 0 Å². The van der Waals surface area contributed by atoms with Crippen LogP contribution in [0.25, 0.3) is 16.2 Å². The number of hydrogen-bond donors (Lipinski definition) is 2. The fourth-order valence-electron chi connectivity index (χ4n) is 2.76. The quantitative estimate of drug-likeness (QED) is 0.537. The van der Waals surface area contributed by atoms with E-state index in [-0.39, 0.29) is 12.1 Å². The molecule has 5 nitrogen and oxygen atoms in total. The number of amides is 1. The summed E-state index contributed by atoms with van der Waals surface area (Å²) >= 11 is 7.54. The van der Waals surface area contributed by atoms with E-state index in [1.54, 1.807) is 42.5 Å². The number of carbonyl (C=O) groups excluding carboxylic acids is 1. The van der Waals surface area contributed by atoms with Gasteiger partial charge in [0.05, 0.1) is 11.6 Å². The Labute approximate surface area is 171 Å². The van der Waals surface area contributed by atoms with Crippen molar-refractivity contribution in [2.24, 2.45) is 0 Å². The molecule has 0 aliphatic heterocycles. The van der Waals surface area contributed by atoms with Crippen molar-refractivity contribution < 1.29 is 14.3 Å². The molecule has 2 unspecified atom stereocenters. The van der Waals surface area contributed by atoms with E-state index in [2.05, 4.69) is 5.32 Å². The Kier molecular flexibility index (Phi) is 6.56. The first-order valence-electron chi connectivity index (χ1n) is 8.25. The third-order valence-electron chi connectivity index (χ3n) is 4.14. The van der Waals surface area contributed by atoms with Crippen LogP contribution >= 0.6 is 31.0 Å². The Hall–Kier alpha value is -2.55. The second kappa shape index (κ2) is 9.09. The summed E-state index contributed by atoms with van der Waals surface area (Å²) in [5, 5.41) is 14.7. The molecule has 0 aliphatic rings. The third-order valence-corrected chi connectivity index (χ3v) is 6.03. The summed E-state index contributed by atoms with van der Waals surface area (Å²) in [7, 11) is -2.50. The molecule has 0 bridgehead atoms. The van der Waals surface area contributed by atoms with Crippen LogP contribution in [0.5, 0.6) is 0 Å². The lowest BCUT2D eigenvalue weighted by atomic mass is 9.99. The first-order valence-corrected chi connectivity index (χ1v) is 10.9. The van der Waals surface area contributed by atoms with E-state index in [1.165, 1.54) is 17.5 Å². The molecule has 2 N–H and O–H groups in total. The minimum absolute atomic E-state index is 0.176. The zero-order valence-electron chi connectivity index (χ0n) is 14.5. The van der Waals surface area contributed by atoms with Gasteiger partial charge < -0.3 is 5.32 Å². The van der Waals surface area contributed by atoms with E-state index >= 15 is 0 Å². The van der Waals surface area contributed by atoms with Crippen LogP contribution in [0.4, 0.5) is 0 Å². The second-order valence-corrected chi connectivity index (χ2v) is 8.41. The van der Waals surface area contributed by atoms with Gasteiger partial charge in [-0.25, -0.2) is 0 Å². The molecule has 8 heteroatoms. The minimum atomic E-state index is -2.50. The van der Waals surface area contributed by atoms with Crippen LogP contribution in [-0.2, 0) is 9.36 Å². The summed E-state index contributed by atoms with van der Waals surface area (Å²) in [4.78, 5) is 22.1. The summed E-state index contributed by atoms with van der Waals surface area (Å²) < 4.78 is 12.4. The number of fused-ring (bicyclic) bond motifs is 1. The van der Waals surface area contributed by atoms with Crippen molar-refractivity contribution in [3.63, 3.8) is 0 Å². The van der Waals surface area contributed by atoms with E-state index in [0.29, 0.717) is 16.1 Å². The highest BCUT2D eigenvalue weighted by Crippen LogP contribution is 2.36. The zero-order valence-corrected chi connectivity index (χ0v) is 17.0. The first-order chi connectivity index (χ1) is 13.5. The van der Waals surface area contributed by atoms with Crippen molar-refractivity contribution >= 4 is 53.0 Å². The molecule has 2 aromatic carbocycles. The maximum absolute atomic E-state index is 12.7. The highest BCUT2D eigenvalue weighted by Gasteiger charge is 2.31. The van der Waals surface area contributed by atoms with Crippen LogP contribution in [-0.4, -0.2) is 17.0 Å². The molecule has 0 saturated carbocycles. The van der Waals surface area contributed by atoms with Crippen LogP contribution in [0.2, 0.25) is 5.02 Å². The predicted octanol–water partition coefficient (Wildman–Crippen LogP) is 5.03. The van der Waals surface area contributed by atoms with Crippen LogP contribution in [0.3, 0.4) is 0 Å². The van der Waals surface area contributed by atoms with Crippen LogP contribution in [0.15, 0.2) is 54.0 Å². The second-order valence-electron chi connectivity index (χ2n) is 5.99. The Balaban J connectivity index is 1.81. The number of nitrogens with zero attached hydrogens (tertiary/aromatic N) is 1. The van der Waals surface area contributed by atoms with Gasteiger partial charge in [0.2, 0.25) is 5.91 Å². The standard InChI is InChI=1S/C20H14ClN2O3PS/c21-15-5-6-19-16(9-15)18(12-28-19)17(11-27(25)26)20(24)23-8-7-13-1-3-14(10-22)4-2-13/h1-9,12,17H,11H2,(H-,23,24,25,26)/p+1/b8-7+. The van der Waals surface area contributed by atoms with Crippen molar-refractivity contribution in [2.45, 2.75) is 5.92 Å². The van der Waals surface area contributed by atoms with Crippen molar-refractivity contribution in [2.75, 3.05) is 6.16 Å². The SMILES string of the molecule is N#Cc1ccc(/C=C/NC(=O)C(C[P+](=O)O)c2csc3ccc(Cl)cc23)cc1. The number of benzene rings is 2. The Bertz CT molecular complexity index is 1100. The van der Waals surface area contributed by atoms with Gasteiger partial charge >= 0.3 is 8.03 Å². The van der Waals surface area contributed by atoms with E-state index in [4.69, 9.17) is 16.9 Å². The van der Waals surface area contributed by atoms with Crippen molar-refractivity contribution in [1.82, 2.24) is 5.32 Å². The molecular weight excluding hydrogens is 415 g/mol. The monoisotopic (exact) mass is 429 g/mol. The molecule has 2 atom stereocenters. The van der Waals surface area contributed by atoms with Gasteiger partial charge in [-0.05, 0) is 62.9 Å². The van der Waals surface area contributed by atoms with Crippen LogP contribution in [0.1, 0.15) is 22.6 Å². The number of thiophene rings is 1. The topological polar surface area (TPSA) is 90.2 Å². The molecule has 0 radical (unpaired) electrons. The molecule has 0 spiro atoms. The maximum Gasteiger partial charge on any atom is 0.506 e. The molecule has 0 fully saturated rings. The van der Waals surface area contributed by atoms with Crippen molar-refractivity contribution in [1.29, 1.82) is 5.26 Å². The van der Waals surface area contributed by atoms with Gasteiger partial charge in [-0.15, -0.1) is 11.3 Å². The Morgan fingerprint density at radius 1 is 1.32 bits per heavy atom. The Morgan fingerprint density at radius 2 is 2.07 bits per heavy atom. The van der Waals surface area contributed by atoms with Crippen LogP contribution < -0.4 is 5.32 Å². The number of carbonyl (C=O) groups is 1. The maximum atomic E-state index is 12.7. The molecule has 1 aromatic heterocycles. The number of nitriles is 1. The molecule has 0 aliphatic carbocycles. The summed E-state index contributed by atoms with van der Waals surface area (Å²) in [6, 6.07) is 14.3. The summed E-state index contributed by atoms with van der Waals surface area (Å²) in [6.45, 7) is 0. The predicted molar refractivity (Wildman–Crippen MR) is 113 cm³/mol. The third kappa shape index (κ3) is 4.83. The van der Waals surface area contributed by atoms with Gasteiger partial charge in [0.15, 0.2) is 6.16 Å². The normalized spacial score (nSPS) is 12.7. The van der Waals surface area contributed by atoms with Crippen molar-refractivity contribution in [3.05, 3.63) is 75.8 Å². The number of rotatable bonds is 6. The average molecular weight is 430 g/mol. The van der Waals surface area contributed by atoms with Gasteiger partial charge in [-0.3, -0.25) is 4.79 Å². The minimum Gasteiger partial charge on any atom is -0.332 e. The Morgan fingerprint density at radius 3 is 2.75 bits per heavy atom. The molecule has 28 heavy (non-hydrogen) atoms. The molecule has 0 saturated heterocycles. The lowest BCUT2D eigenvalue weighted by molar-refractivity contribution is -0.121. The lowest BCUT2D eigenvalue weighted by Crippen LogP contribution is -2.26. The summed E-state index contributed by atoms with van der Waals surface area (Å²) in [5.41, 5.74) is 2.05. The number of nitrogens with one attached hydrogen (secondary N) is 1. The van der Waals surface area contributed by atoms with Gasteiger partial charge in [0, 0.05) is 15.9 Å². The number of hydrogen-bond acceptors (Lipinski definition) is 4. The van der Waals surface area contributed by atoms with Crippen molar-refractivity contribution in [3.8, 4) is 6.07 Å². The highest BCUT2D eigenvalue weighted by molar-refractivity contribution is 7.38. The fraction of sp³-hybridized carbons (Fsp3) is 0.100. The van der Waals surface area contributed by atoms with E-state index in [9.17, 15) is 14.3 Å². The molecule has 140 valence electrons. The summed E-state index contributed by atoms with van der Waals surface area (Å²) in [5.74, 6) is -1.14. The lowest BCUT2D eigenvalue weighted by Gasteiger charge is -2.10. The van der Waals surface area contributed by atoms with E-state index in [0.717, 1.165) is 15.6 Å². The molecule has 3 rings (SSSR count). The molecule has 1 amide bonds. The fourth-order valence-corrected chi connectivity index (χ4v) is 4.60.